The van der Waals surface area contributed by atoms with Crippen LogP contribution in [0.4, 0.5) is 5.82 Å². The SMILES string of the molecule is CC(C)c1cc(OC2CC2)cc(N)n1. The van der Waals surface area contributed by atoms with Gasteiger partial charge in [-0.25, -0.2) is 4.98 Å². The molecule has 0 unspecified atom stereocenters. The Labute approximate surface area is 84.3 Å². The van der Waals surface area contributed by atoms with Crippen molar-refractivity contribution in [3.05, 3.63) is 17.8 Å². The van der Waals surface area contributed by atoms with Gasteiger partial charge in [0.05, 0.1) is 6.10 Å². The molecule has 1 aromatic rings. The topological polar surface area (TPSA) is 48.1 Å². The number of hydrogen-bond acceptors (Lipinski definition) is 3. The van der Waals surface area contributed by atoms with Crippen LogP contribution in [0.3, 0.4) is 0 Å². The summed E-state index contributed by atoms with van der Waals surface area (Å²) in [6.45, 7) is 4.20. The highest BCUT2D eigenvalue weighted by Crippen LogP contribution is 2.29. The number of aromatic nitrogens is 1. The lowest BCUT2D eigenvalue weighted by molar-refractivity contribution is 0.302. The highest BCUT2D eigenvalue weighted by molar-refractivity contribution is 5.39. The average molecular weight is 192 g/mol. The van der Waals surface area contributed by atoms with Gasteiger partial charge in [0.1, 0.15) is 11.6 Å². The summed E-state index contributed by atoms with van der Waals surface area (Å²) in [6.07, 6.45) is 2.75. The molecule has 0 amide bonds. The molecule has 0 aromatic carbocycles. The van der Waals surface area contributed by atoms with Gasteiger partial charge in [0.15, 0.2) is 0 Å². The second kappa shape index (κ2) is 3.48. The smallest absolute Gasteiger partial charge is 0.127 e. The van der Waals surface area contributed by atoms with E-state index in [-0.39, 0.29) is 0 Å². The molecule has 1 aliphatic rings. The van der Waals surface area contributed by atoms with Crippen molar-refractivity contribution in [2.45, 2.75) is 38.7 Å². The number of pyridine rings is 1. The van der Waals surface area contributed by atoms with E-state index in [0.717, 1.165) is 11.4 Å². The molecule has 14 heavy (non-hydrogen) atoms. The molecular formula is C11H16N2O. The zero-order valence-electron chi connectivity index (χ0n) is 8.66. The molecule has 0 bridgehead atoms. The predicted octanol–water partition coefficient (Wildman–Crippen LogP) is 2.33. The van der Waals surface area contributed by atoms with Gasteiger partial charge in [-0.05, 0) is 18.8 Å². The molecular weight excluding hydrogens is 176 g/mol. The van der Waals surface area contributed by atoms with E-state index < -0.39 is 0 Å². The normalized spacial score (nSPS) is 15.9. The Bertz CT molecular complexity index is 332. The molecule has 2 rings (SSSR count). The summed E-state index contributed by atoms with van der Waals surface area (Å²) < 4.78 is 5.68. The van der Waals surface area contributed by atoms with Crippen molar-refractivity contribution in [2.24, 2.45) is 0 Å². The Morgan fingerprint density at radius 1 is 1.43 bits per heavy atom. The Morgan fingerprint density at radius 3 is 2.71 bits per heavy atom. The maximum absolute atomic E-state index is 5.70. The first kappa shape index (κ1) is 9.31. The third-order valence-electron chi connectivity index (χ3n) is 2.26. The van der Waals surface area contributed by atoms with Gasteiger partial charge in [0, 0.05) is 17.8 Å². The van der Waals surface area contributed by atoms with E-state index in [1.807, 2.05) is 6.07 Å². The van der Waals surface area contributed by atoms with E-state index in [1.54, 1.807) is 6.07 Å². The molecule has 0 aliphatic heterocycles. The minimum atomic E-state index is 0.389. The summed E-state index contributed by atoms with van der Waals surface area (Å²) in [7, 11) is 0. The monoisotopic (exact) mass is 192 g/mol. The van der Waals surface area contributed by atoms with Crippen LogP contribution in [-0.2, 0) is 0 Å². The number of ether oxygens (including phenoxy) is 1. The van der Waals surface area contributed by atoms with Gasteiger partial charge in [-0.15, -0.1) is 0 Å². The van der Waals surface area contributed by atoms with Crippen LogP contribution in [0.2, 0.25) is 0 Å². The van der Waals surface area contributed by atoms with E-state index in [0.29, 0.717) is 17.8 Å². The van der Waals surface area contributed by atoms with Gasteiger partial charge >= 0.3 is 0 Å². The fourth-order valence-corrected chi connectivity index (χ4v) is 1.29. The van der Waals surface area contributed by atoms with Gasteiger partial charge in [0.25, 0.3) is 0 Å². The fraction of sp³-hybridized carbons (Fsp3) is 0.545. The molecule has 3 heteroatoms. The molecule has 0 spiro atoms. The summed E-state index contributed by atoms with van der Waals surface area (Å²) in [6, 6.07) is 3.78. The van der Waals surface area contributed by atoms with Gasteiger partial charge in [0.2, 0.25) is 0 Å². The fourth-order valence-electron chi connectivity index (χ4n) is 1.29. The van der Waals surface area contributed by atoms with Crippen LogP contribution in [0.15, 0.2) is 12.1 Å². The van der Waals surface area contributed by atoms with Gasteiger partial charge in [-0.2, -0.15) is 0 Å². The van der Waals surface area contributed by atoms with Crippen LogP contribution >= 0.6 is 0 Å². The molecule has 0 saturated heterocycles. The number of nitrogens with two attached hydrogens (primary N) is 1. The van der Waals surface area contributed by atoms with Gasteiger partial charge in [-0.3, -0.25) is 0 Å². The summed E-state index contributed by atoms with van der Waals surface area (Å²) in [5.74, 6) is 1.80. The Morgan fingerprint density at radius 2 is 2.14 bits per heavy atom. The second-order valence-electron chi connectivity index (χ2n) is 4.12. The molecule has 3 nitrogen and oxygen atoms in total. The molecule has 1 heterocycles. The third kappa shape index (κ3) is 2.16. The van der Waals surface area contributed by atoms with Crippen molar-refractivity contribution in [1.82, 2.24) is 4.98 Å². The van der Waals surface area contributed by atoms with E-state index in [2.05, 4.69) is 18.8 Å². The van der Waals surface area contributed by atoms with Gasteiger partial charge in [-0.1, -0.05) is 13.8 Å². The zero-order chi connectivity index (χ0) is 10.1. The van der Waals surface area contributed by atoms with E-state index >= 15 is 0 Å². The Balaban J connectivity index is 2.21. The van der Waals surface area contributed by atoms with Crippen LogP contribution < -0.4 is 10.5 Å². The third-order valence-corrected chi connectivity index (χ3v) is 2.26. The summed E-state index contributed by atoms with van der Waals surface area (Å²) in [5, 5.41) is 0. The first-order chi connectivity index (χ1) is 6.65. The lowest BCUT2D eigenvalue weighted by Gasteiger charge is -2.09. The summed E-state index contributed by atoms with van der Waals surface area (Å²) in [5.41, 5.74) is 6.70. The van der Waals surface area contributed by atoms with Crippen molar-refractivity contribution in [3.8, 4) is 5.75 Å². The number of hydrogen-bond donors (Lipinski definition) is 1. The molecule has 1 saturated carbocycles. The van der Waals surface area contributed by atoms with Gasteiger partial charge < -0.3 is 10.5 Å². The lowest BCUT2D eigenvalue weighted by Crippen LogP contribution is -2.02. The maximum Gasteiger partial charge on any atom is 0.127 e. The minimum absolute atomic E-state index is 0.389. The molecule has 76 valence electrons. The molecule has 1 aliphatic carbocycles. The highest BCUT2D eigenvalue weighted by atomic mass is 16.5. The van der Waals surface area contributed by atoms with E-state index in [1.165, 1.54) is 12.8 Å². The largest absolute Gasteiger partial charge is 0.490 e. The van der Waals surface area contributed by atoms with Crippen molar-refractivity contribution in [1.29, 1.82) is 0 Å². The number of nitrogens with zero attached hydrogens (tertiary/aromatic N) is 1. The molecule has 1 fully saturated rings. The standard InChI is InChI=1S/C11H16N2O/c1-7(2)10-5-9(6-11(12)13-10)14-8-3-4-8/h5-8H,3-4H2,1-2H3,(H2,12,13). The molecule has 0 atom stereocenters. The highest BCUT2D eigenvalue weighted by Gasteiger charge is 2.23. The number of rotatable bonds is 3. The van der Waals surface area contributed by atoms with Crippen molar-refractivity contribution >= 4 is 5.82 Å². The maximum atomic E-state index is 5.70. The molecule has 2 N–H and O–H groups in total. The lowest BCUT2D eigenvalue weighted by atomic mass is 10.1. The van der Waals surface area contributed by atoms with Crippen molar-refractivity contribution in [2.75, 3.05) is 5.73 Å². The predicted molar refractivity (Wildman–Crippen MR) is 56.4 cm³/mol. The first-order valence-electron chi connectivity index (χ1n) is 5.09. The summed E-state index contributed by atoms with van der Waals surface area (Å²) in [4.78, 5) is 4.26. The van der Waals surface area contributed by atoms with Crippen LogP contribution in [0.1, 0.15) is 38.3 Å². The zero-order valence-corrected chi connectivity index (χ0v) is 8.66. The van der Waals surface area contributed by atoms with E-state index in [4.69, 9.17) is 10.5 Å². The average Bonchev–Trinajstić information content (AvgIpc) is 2.87. The quantitative estimate of drug-likeness (QED) is 0.799. The van der Waals surface area contributed by atoms with E-state index in [9.17, 15) is 0 Å². The van der Waals surface area contributed by atoms with Crippen LogP contribution in [-0.4, -0.2) is 11.1 Å². The first-order valence-corrected chi connectivity index (χ1v) is 5.09. The molecule has 1 aromatic heterocycles. The Hall–Kier alpha value is -1.25. The second-order valence-corrected chi connectivity index (χ2v) is 4.12. The number of nitrogen functional groups attached to an aromatic ring is 1. The van der Waals surface area contributed by atoms with Crippen LogP contribution in [0, 0.1) is 0 Å². The van der Waals surface area contributed by atoms with Crippen molar-refractivity contribution < 1.29 is 4.74 Å². The van der Waals surface area contributed by atoms with Crippen LogP contribution in [0.25, 0.3) is 0 Å². The van der Waals surface area contributed by atoms with Crippen LogP contribution in [0.5, 0.6) is 5.75 Å². The molecule has 0 radical (unpaired) electrons. The Kier molecular flexibility index (Phi) is 2.32. The van der Waals surface area contributed by atoms with Crippen molar-refractivity contribution in [3.63, 3.8) is 0 Å². The number of anilines is 1. The minimum Gasteiger partial charge on any atom is -0.490 e. The summed E-state index contributed by atoms with van der Waals surface area (Å²) >= 11 is 0.